The van der Waals surface area contributed by atoms with Gasteiger partial charge in [0.05, 0.1) is 12.3 Å². The third-order valence-corrected chi connectivity index (χ3v) is 3.72. The highest BCUT2D eigenvalue weighted by Gasteiger charge is 2.20. The van der Waals surface area contributed by atoms with Crippen molar-refractivity contribution in [3.05, 3.63) is 15.6 Å². The Morgan fingerprint density at radius 1 is 1.67 bits per heavy atom. The summed E-state index contributed by atoms with van der Waals surface area (Å²) in [6.45, 7) is 2.35. The van der Waals surface area contributed by atoms with Crippen LogP contribution in [0.1, 0.15) is 41.3 Å². The summed E-state index contributed by atoms with van der Waals surface area (Å²) in [5.74, 6) is 0.659. The second-order valence-corrected chi connectivity index (χ2v) is 4.49. The highest BCUT2D eigenvalue weighted by atomic mass is 32.1. The van der Waals surface area contributed by atoms with Gasteiger partial charge in [-0.05, 0) is 25.2 Å². The molecule has 1 atom stereocenters. The molecule has 1 aliphatic rings. The third kappa shape index (κ3) is 1.27. The normalized spacial score (nSPS) is 22.3. The van der Waals surface area contributed by atoms with E-state index in [9.17, 15) is 0 Å². The number of rotatable bonds is 1. The number of aliphatic hydroxyl groups is 1. The van der Waals surface area contributed by atoms with Crippen LogP contribution in [-0.4, -0.2) is 10.1 Å². The highest BCUT2D eigenvalue weighted by Crippen LogP contribution is 2.35. The standard InChI is InChI=1S/C9H13NOS/c1-6-3-2-4-7-9(6)12-8(5-11)10-7/h6,11H,2-5H2,1H3/t6-/m1/s1. The smallest absolute Gasteiger partial charge is 0.119 e. The number of hydrogen-bond donors (Lipinski definition) is 1. The van der Waals surface area contributed by atoms with Gasteiger partial charge in [-0.2, -0.15) is 0 Å². The predicted molar refractivity (Wildman–Crippen MR) is 49.4 cm³/mol. The number of aryl methyl sites for hydroxylation is 1. The summed E-state index contributed by atoms with van der Waals surface area (Å²) in [4.78, 5) is 5.80. The van der Waals surface area contributed by atoms with Crippen LogP contribution in [-0.2, 0) is 13.0 Å². The van der Waals surface area contributed by atoms with Crippen LogP contribution >= 0.6 is 11.3 Å². The van der Waals surface area contributed by atoms with E-state index >= 15 is 0 Å². The largest absolute Gasteiger partial charge is 0.389 e. The van der Waals surface area contributed by atoms with Crippen molar-refractivity contribution in [2.24, 2.45) is 0 Å². The average Bonchev–Trinajstić information content (AvgIpc) is 2.49. The van der Waals surface area contributed by atoms with Crippen LogP contribution in [0.4, 0.5) is 0 Å². The van der Waals surface area contributed by atoms with E-state index in [0.29, 0.717) is 5.92 Å². The second-order valence-electron chi connectivity index (χ2n) is 3.37. The molecule has 0 radical (unpaired) electrons. The van der Waals surface area contributed by atoms with E-state index in [0.717, 1.165) is 11.4 Å². The lowest BCUT2D eigenvalue weighted by molar-refractivity contribution is 0.281. The molecule has 1 N–H and O–H groups in total. The number of nitrogens with zero attached hydrogens (tertiary/aromatic N) is 1. The Kier molecular flexibility index (Phi) is 2.15. The van der Waals surface area contributed by atoms with Crippen LogP contribution in [0.2, 0.25) is 0 Å². The lowest BCUT2D eigenvalue weighted by atomic mass is 9.94. The summed E-state index contributed by atoms with van der Waals surface area (Å²) < 4.78 is 0. The summed E-state index contributed by atoms with van der Waals surface area (Å²) in [5, 5.41) is 9.80. The molecule has 0 aromatic carbocycles. The van der Waals surface area contributed by atoms with Crippen LogP contribution in [0.25, 0.3) is 0 Å². The molecule has 0 spiro atoms. The van der Waals surface area contributed by atoms with E-state index < -0.39 is 0 Å². The second kappa shape index (κ2) is 3.15. The number of aliphatic hydroxyl groups excluding tert-OH is 1. The van der Waals surface area contributed by atoms with Gasteiger partial charge in [-0.1, -0.05) is 6.92 Å². The fourth-order valence-corrected chi connectivity index (χ4v) is 2.81. The summed E-state index contributed by atoms with van der Waals surface area (Å²) >= 11 is 1.68. The van der Waals surface area contributed by atoms with Gasteiger partial charge in [0.1, 0.15) is 5.01 Å². The lowest BCUT2D eigenvalue weighted by Crippen LogP contribution is -2.03. The number of fused-ring (bicyclic) bond motifs is 1. The first-order valence-corrected chi connectivity index (χ1v) is 5.22. The van der Waals surface area contributed by atoms with E-state index in [1.165, 1.54) is 23.4 Å². The molecule has 1 aromatic rings. The maximum atomic E-state index is 8.92. The topological polar surface area (TPSA) is 33.1 Å². The molecule has 0 bridgehead atoms. The minimum Gasteiger partial charge on any atom is -0.389 e. The van der Waals surface area contributed by atoms with Crippen LogP contribution in [0, 0.1) is 0 Å². The number of hydrogen-bond acceptors (Lipinski definition) is 3. The fourth-order valence-electron chi connectivity index (χ4n) is 1.75. The Morgan fingerprint density at radius 2 is 2.50 bits per heavy atom. The Balaban J connectivity index is 2.37. The predicted octanol–water partition coefficient (Wildman–Crippen LogP) is 2.08. The Hall–Kier alpha value is -0.410. The first-order valence-electron chi connectivity index (χ1n) is 4.40. The molecule has 1 heterocycles. The SMILES string of the molecule is C[C@@H]1CCCc2nc(CO)sc21. The zero-order chi connectivity index (χ0) is 8.55. The van der Waals surface area contributed by atoms with E-state index in [1.807, 2.05) is 0 Å². The first kappa shape index (κ1) is 8.20. The molecular weight excluding hydrogens is 170 g/mol. The van der Waals surface area contributed by atoms with Crippen molar-refractivity contribution in [1.82, 2.24) is 4.98 Å². The lowest BCUT2D eigenvalue weighted by Gasteiger charge is -2.15. The van der Waals surface area contributed by atoms with Gasteiger partial charge in [-0.3, -0.25) is 0 Å². The van der Waals surface area contributed by atoms with Gasteiger partial charge < -0.3 is 5.11 Å². The van der Waals surface area contributed by atoms with Crippen molar-refractivity contribution in [2.75, 3.05) is 0 Å². The molecule has 0 amide bonds. The maximum Gasteiger partial charge on any atom is 0.119 e. The molecule has 2 nitrogen and oxygen atoms in total. The quantitative estimate of drug-likeness (QED) is 0.723. The summed E-state index contributed by atoms with van der Waals surface area (Å²) in [6.07, 6.45) is 3.64. The van der Waals surface area contributed by atoms with E-state index in [1.54, 1.807) is 11.3 Å². The fraction of sp³-hybridized carbons (Fsp3) is 0.667. The molecule has 0 fully saturated rings. The van der Waals surface area contributed by atoms with Crippen molar-refractivity contribution in [3.8, 4) is 0 Å². The van der Waals surface area contributed by atoms with Crippen molar-refractivity contribution in [3.63, 3.8) is 0 Å². The Morgan fingerprint density at radius 3 is 3.17 bits per heavy atom. The molecule has 0 saturated carbocycles. The third-order valence-electron chi connectivity index (χ3n) is 2.41. The average molecular weight is 183 g/mol. The molecule has 1 aromatic heterocycles. The first-order chi connectivity index (χ1) is 5.81. The molecule has 3 heteroatoms. The van der Waals surface area contributed by atoms with Gasteiger partial charge in [-0.15, -0.1) is 11.3 Å². The molecule has 0 unspecified atom stereocenters. The van der Waals surface area contributed by atoms with Crippen molar-refractivity contribution in [1.29, 1.82) is 0 Å². The van der Waals surface area contributed by atoms with Gasteiger partial charge in [-0.25, -0.2) is 4.98 Å². The van der Waals surface area contributed by atoms with E-state index in [2.05, 4.69) is 11.9 Å². The van der Waals surface area contributed by atoms with Crippen LogP contribution in [0.15, 0.2) is 0 Å². The zero-order valence-electron chi connectivity index (χ0n) is 7.21. The summed E-state index contributed by atoms with van der Waals surface area (Å²) in [5.41, 5.74) is 1.24. The maximum absolute atomic E-state index is 8.92. The van der Waals surface area contributed by atoms with Gasteiger partial charge in [0.2, 0.25) is 0 Å². The minimum absolute atomic E-state index is 0.102. The van der Waals surface area contributed by atoms with Crippen LogP contribution in [0.5, 0.6) is 0 Å². The summed E-state index contributed by atoms with van der Waals surface area (Å²) in [6, 6.07) is 0. The number of thiazole rings is 1. The van der Waals surface area contributed by atoms with E-state index in [-0.39, 0.29) is 6.61 Å². The molecule has 2 rings (SSSR count). The van der Waals surface area contributed by atoms with E-state index in [4.69, 9.17) is 5.11 Å². The minimum atomic E-state index is 0.102. The zero-order valence-corrected chi connectivity index (χ0v) is 8.02. The van der Waals surface area contributed by atoms with Crippen molar-refractivity contribution < 1.29 is 5.11 Å². The van der Waals surface area contributed by atoms with Gasteiger partial charge >= 0.3 is 0 Å². The Bertz CT molecular complexity index is 282. The van der Waals surface area contributed by atoms with Crippen LogP contribution < -0.4 is 0 Å². The molecule has 0 saturated heterocycles. The van der Waals surface area contributed by atoms with Gasteiger partial charge in [0.15, 0.2) is 0 Å². The number of aromatic nitrogens is 1. The molecule has 66 valence electrons. The molecule has 0 aliphatic heterocycles. The Labute approximate surface area is 76.3 Å². The van der Waals surface area contributed by atoms with Gasteiger partial charge in [0, 0.05) is 4.88 Å². The van der Waals surface area contributed by atoms with Crippen molar-refractivity contribution >= 4 is 11.3 Å². The van der Waals surface area contributed by atoms with Gasteiger partial charge in [0.25, 0.3) is 0 Å². The monoisotopic (exact) mass is 183 g/mol. The molecule has 1 aliphatic carbocycles. The van der Waals surface area contributed by atoms with Crippen molar-refractivity contribution in [2.45, 2.75) is 38.7 Å². The summed E-state index contributed by atoms with van der Waals surface area (Å²) in [7, 11) is 0. The van der Waals surface area contributed by atoms with Crippen LogP contribution in [0.3, 0.4) is 0 Å². The highest BCUT2D eigenvalue weighted by molar-refractivity contribution is 7.11. The molecule has 12 heavy (non-hydrogen) atoms. The molecular formula is C9H13NOS.